The van der Waals surface area contributed by atoms with Crippen molar-refractivity contribution in [3.8, 4) is 0 Å². The first kappa shape index (κ1) is 14.6. The van der Waals surface area contributed by atoms with Gasteiger partial charge in [0.2, 0.25) is 0 Å². The molecule has 1 heterocycles. The highest BCUT2D eigenvalue weighted by molar-refractivity contribution is 4.80. The molecule has 1 aliphatic rings. The summed E-state index contributed by atoms with van der Waals surface area (Å²) >= 11 is 0. The maximum absolute atomic E-state index is 4.26. The highest BCUT2D eigenvalue weighted by Gasteiger charge is 2.20. The number of nitrogens with zero attached hydrogens (tertiary/aromatic N) is 2. The fourth-order valence-corrected chi connectivity index (χ4v) is 3.25. The topological polar surface area (TPSA) is 29.9 Å². The highest BCUT2D eigenvalue weighted by atomic mass is 15.3. The summed E-state index contributed by atoms with van der Waals surface area (Å²) in [6, 6.07) is 2.50. The Labute approximate surface area is 117 Å². The zero-order valence-corrected chi connectivity index (χ0v) is 12.5. The third-order valence-electron chi connectivity index (χ3n) is 4.44. The summed E-state index contributed by atoms with van der Waals surface area (Å²) in [5, 5.41) is 7.93. The maximum Gasteiger partial charge on any atom is 0.0559 e. The zero-order valence-electron chi connectivity index (χ0n) is 12.5. The summed E-state index contributed by atoms with van der Waals surface area (Å²) in [6.45, 7) is 6.72. The molecule has 1 N–H and O–H groups in total. The van der Waals surface area contributed by atoms with E-state index in [9.17, 15) is 0 Å². The van der Waals surface area contributed by atoms with Gasteiger partial charge >= 0.3 is 0 Å². The molecule has 0 saturated heterocycles. The molecule has 108 valence electrons. The van der Waals surface area contributed by atoms with Gasteiger partial charge in [-0.2, -0.15) is 5.10 Å². The van der Waals surface area contributed by atoms with Crippen LogP contribution in [-0.2, 0) is 6.54 Å². The molecule has 1 aromatic heterocycles. The van der Waals surface area contributed by atoms with Crippen LogP contribution in [-0.4, -0.2) is 22.4 Å². The van der Waals surface area contributed by atoms with Gasteiger partial charge in [0.25, 0.3) is 0 Å². The van der Waals surface area contributed by atoms with Crippen molar-refractivity contribution in [2.24, 2.45) is 11.8 Å². The Kier molecular flexibility index (Phi) is 5.90. The average molecular weight is 263 g/mol. The smallest absolute Gasteiger partial charge is 0.0559 e. The zero-order chi connectivity index (χ0) is 13.5. The molecule has 0 aromatic carbocycles. The van der Waals surface area contributed by atoms with Gasteiger partial charge in [0.1, 0.15) is 0 Å². The van der Waals surface area contributed by atoms with Crippen LogP contribution >= 0.6 is 0 Å². The molecule has 0 spiro atoms. The molecule has 2 rings (SSSR count). The first-order chi connectivity index (χ1) is 9.28. The molecule has 1 fully saturated rings. The molecule has 1 aromatic rings. The van der Waals surface area contributed by atoms with Crippen LogP contribution in [0.15, 0.2) is 18.5 Å². The Hall–Kier alpha value is -0.830. The van der Waals surface area contributed by atoms with E-state index in [1.807, 2.05) is 23.1 Å². The largest absolute Gasteiger partial charge is 0.312 e. The first-order valence-electron chi connectivity index (χ1n) is 7.98. The summed E-state index contributed by atoms with van der Waals surface area (Å²) in [5.74, 6) is 1.91. The fourth-order valence-electron chi connectivity index (χ4n) is 3.25. The van der Waals surface area contributed by atoms with Gasteiger partial charge in [-0.25, -0.2) is 0 Å². The summed E-state index contributed by atoms with van der Waals surface area (Å²) in [5.41, 5.74) is 0. The predicted molar refractivity (Wildman–Crippen MR) is 80.0 cm³/mol. The van der Waals surface area contributed by atoms with E-state index in [2.05, 4.69) is 24.3 Å². The second kappa shape index (κ2) is 7.68. The van der Waals surface area contributed by atoms with Crippen LogP contribution in [0.2, 0.25) is 0 Å². The van der Waals surface area contributed by atoms with E-state index in [1.165, 1.54) is 45.1 Å². The lowest BCUT2D eigenvalue weighted by molar-refractivity contribution is 0.249. The SMILES string of the molecule is CCCC1CCC(CN[C@H](C)Cn2cccn2)CC1. The molecule has 0 amide bonds. The van der Waals surface area contributed by atoms with Crippen LogP contribution in [0.5, 0.6) is 0 Å². The molecule has 0 bridgehead atoms. The van der Waals surface area contributed by atoms with E-state index in [-0.39, 0.29) is 0 Å². The average Bonchev–Trinajstić information content (AvgIpc) is 2.91. The van der Waals surface area contributed by atoms with Gasteiger partial charge in [0, 0.05) is 18.4 Å². The van der Waals surface area contributed by atoms with Gasteiger partial charge in [-0.05, 0) is 44.2 Å². The molecule has 1 atom stereocenters. The van der Waals surface area contributed by atoms with E-state index >= 15 is 0 Å². The molecule has 1 aliphatic carbocycles. The standard InChI is InChI=1S/C16H29N3/c1-3-5-15-6-8-16(9-7-15)12-17-14(2)13-19-11-4-10-18-19/h4,10-11,14-17H,3,5-9,12-13H2,1-2H3/t14-,15?,16?/m1/s1. The lowest BCUT2D eigenvalue weighted by atomic mass is 9.80. The molecule has 1 saturated carbocycles. The fraction of sp³-hybridized carbons (Fsp3) is 0.812. The van der Waals surface area contributed by atoms with Gasteiger partial charge in [-0.3, -0.25) is 4.68 Å². The molecule has 19 heavy (non-hydrogen) atoms. The third kappa shape index (κ3) is 4.98. The number of rotatable bonds is 7. The molecular weight excluding hydrogens is 234 g/mol. The minimum Gasteiger partial charge on any atom is -0.312 e. The molecular formula is C16H29N3. The van der Waals surface area contributed by atoms with Crippen molar-refractivity contribution in [2.45, 2.75) is 65.0 Å². The van der Waals surface area contributed by atoms with Crippen molar-refractivity contribution in [3.63, 3.8) is 0 Å². The van der Waals surface area contributed by atoms with Crippen molar-refractivity contribution in [3.05, 3.63) is 18.5 Å². The van der Waals surface area contributed by atoms with Crippen LogP contribution in [0.1, 0.15) is 52.4 Å². The van der Waals surface area contributed by atoms with Gasteiger partial charge in [0.05, 0.1) is 6.54 Å². The lowest BCUT2D eigenvalue weighted by Crippen LogP contribution is -2.35. The summed E-state index contributed by atoms with van der Waals surface area (Å²) in [4.78, 5) is 0. The van der Waals surface area contributed by atoms with Crippen LogP contribution in [0.3, 0.4) is 0 Å². The van der Waals surface area contributed by atoms with Crippen molar-refractivity contribution in [2.75, 3.05) is 6.54 Å². The second-order valence-electron chi connectivity index (χ2n) is 6.21. The highest BCUT2D eigenvalue weighted by Crippen LogP contribution is 2.31. The molecule has 3 heteroatoms. The van der Waals surface area contributed by atoms with E-state index in [0.29, 0.717) is 6.04 Å². The maximum atomic E-state index is 4.26. The molecule has 0 aliphatic heterocycles. The third-order valence-corrected chi connectivity index (χ3v) is 4.44. The van der Waals surface area contributed by atoms with E-state index in [4.69, 9.17) is 0 Å². The van der Waals surface area contributed by atoms with Crippen molar-refractivity contribution < 1.29 is 0 Å². The van der Waals surface area contributed by atoms with Crippen LogP contribution in [0.25, 0.3) is 0 Å². The Bertz CT molecular complexity index is 326. The van der Waals surface area contributed by atoms with Crippen molar-refractivity contribution in [1.82, 2.24) is 15.1 Å². The quantitative estimate of drug-likeness (QED) is 0.816. The minimum atomic E-state index is 0.508. The van der Waals surface area contributed by atoms with E-state index in [1.54, 1.807) is 0 Å². The molecule has 0 radical (unpaired) electrons. The molecule has 0 unspecified atom stereocenters. The number of aromatic nitrogens is 2. The van der Waals surface area contributed by atoms with Gasteiger partial charge < -0.3 is 5.32 Å². The van der Waals surface area contributed by atoms with Crippen LogP contribution in [0, 0.1) is 11.8 Å². The van der Waals surface area contributed by atoms with Crippen molar-refractivity contribution in [1.29, 1.82) is 0 Å². The van der Waals surface area contributed by atoms with E-state index < -0.39 is 0 Å². The Morgan fingerprint density at radius 1 is 1.26 bits per heavy atom. The molecule has 3 nitrogen and oxygen atoms in total. The van der Waals surface area contributed by atoms with Crippen molar-refractivity contribution >= 4 is 0 Å². The Balaban J connectivity index is 1.61. The number of hydrogen-bond acceptors (Lipinski definition) is 2. The first-order valence-corrected chi connectivity index (χ1v) is 7.98. The van der Waals surface area contributed by atoms with E-state index in [0.717, 1.165) is 18.4 Å². The van der Waals surface area contributed by atoms with Crippen LogP contribution in [0.4, 0.5) is 0 Å². The summed E-state index contributed by atoms with van der Waals surface area (Å²) in [7, 11) is 0. The lowest BCUT2D eigenvalue weighted by Gasteiger charge is -2.29. The normalized spacial score (nSPS) is 25.4. The number of hydrogen-bond donors (Lipinski definition) is 1. The number of nitrogens with one attached hydrogen (secondary N) is 1. The monoisotopic (exact) mass is 263 g/mol. The van der Waals surface area contributed by atoms with Crippen LogP contribution < -0.4 is 5.32 Å². The Morgan fingerprint density at radius 3 is 2.63 bits per heavy atom. The van der Waals surface area contributed by atoms with Gasteiger partial charge in [0.15, 0.2) is 0 Å². The Morgan fingerprint density at radius 2 is 2.00 bits per heavy atom. The van der Waals surface area contributed by atoms with Gasteiger partial charge in [-0.1, -0.05) is 32.6 Å². The summed E-state index contributed by atoms with van der Waals surface area (Å²) < 4.78 is 2.01. The van der Waals surface area contributed by atoms with Gasteiger partial charge in [-0.15, -0.1) is 0 Å². The minimum absolute atomic E-state index is 0.508. The second-order valence-corrected chi connectivity index (χ2v) is 6.21. The summed E-state index contributed by atoms with van der Waals surface area (Å²) in [6.07, 6.45) is 12.4. The predicted octanol–water partition coefficient (Wildman–Crippen LogP) is 3.47.